The van der Waals surface area contributed by atoms with Crippen molar-refractivity contribution >= 4 is 15.7 Å². The highest BCUT2D eigenvalue weighted by Gasteiger charge is 2.36. The number of rotatable bonds is 6. The minimum Gasteiger partial charge on any atom is -0.399 e. The van der Waals surface area contributed by atoms with E-state index in [1.165, 1.54) is 0 Å². The maximum absolute atomic E-state index is 12.4. The van der Waals surface area contributed by atoms with E-state index in [1.807, 2.05) is 6.92 Å². The van der Waals surface area contributed by atoms with E-state index in [-0.39, 0.29) is 11.8 Å². The van der Waals surface area contributed by atoms with Crippen LogP contribution in [0.2, 0.25) is 0 Å². The first-order valence-electron chi connectivity index (χ1n) is 6.37. The number of hydrogen-bond acceptors (Lipinski definition) is 3. The molecule has 18 heavy (non-hydrogen) atoms. The molecule has 0 unspecified atom stereocenters. The molecule has 0 bridgehead atoms. The Morgan fingerprint density at radius 1 is 1.28 bits per heavy atom. The monoisotopic (exact) mass is 268 g/mol. The first-order valence-corrected chi connectivity index (χ1v) is 7.98. The van der Waals surface area contributed by atoms with Crippen LogP contribution in [0.1, 0.15) is 31.7 Å². The fourth-order valence-corrected chi connectivity index (χ4v) is 3.94. The Labute approximate surface area is 109 Å². The lowest BCUT2D eigenvalue weighted by Gasteiger charge is -2.21. The number of nitrogens with zero attached hydrogens (tertiary/aromatic N) is 1. The second kappa shape index (κ2) is 5.28. The van der Waals surface area contributed by atoms with Crippen LogP contribution in [0.4, 0.5) is 5.69 Å². The van der Waals surface area contributed by atoms with Crippen molar-refractivity contribution in [3.63, 3.8) is 0 Å². The zero-order chi connectivity index (χ0) is 13.2. The average Bonchev–Trinajstić information content (AvgIpc) is 3.12. The van der Waals surface area contributed by atoms with Crippen LogP contribution >= 0.6 is 0 Å². The van der Waals surface area contributed by atoms with Crippen molar-refractivity contribution < 1.29 is 8.42 Å². The zero-order valence-electron chi connectivity index (χ0n) is 10.7. The van der Waals surface area contributed by atoms with Gasteiger partial charge in [0.25, 0.3) is 0 Å². The molecule has 0 amide bonds. The lowest BCUT2D eigenvalue weighted by atomic mass is 10.2. The summed E-state index contributed by atoms with van der Waals surface area (Å²) in [7, 11) is -3.19. The normalized spacial score (nSPS) is 16.1. The molecule has 1 aliphatic carbocycles. The highest BCUT2D eigenvalue weighted by atomic mass is 32.2. The van der Waals surface area contributed by atoms with Crippen molar-refractivity contribution in [2.45, 2.75) is 38.0 Å². The molecule has 0 aliphatic heterocycles. The van der Waals surface area contributed by atoms with Gasteiger partial charge in [-0.1, -0.05) is 19.1 Å². The summed E-state index contributed by atoms with van der Waals surface area (Å²) in [6.45, 7) is 2.64. The van der Waals surface area contributed by atoms with Gasteiger partial charge in [-0.05, 0) is 37.0 Å². The number of nitrogens with two attached hydrogens (primary N) is 1. The van der Waals surface area contributed by atoms with Gasteiger partial charge >= 0.3 is 0 Å². The van der Waals surface area contributed by atoms with Crippen molar-refractivity contribution in [3.8, 4) is 0 Å². The summed E-state index contributed by atoms with van der Waals surface area (Å²) in [5, 5.41) is 0. The third-order valence-electron chi connectivity index (χ3n) is 3.08. The Hall–Kier alpha value is -1.07. The maximum atomic E-state index is 12.4. The summed E-state index contributed by atoms with van der Waals surface area (Å²) < 4.78 is 26.4. The third kappa shape index (κ3) is 3.23. The van der Waals surface area contributed by atoms with E-state index in [9.17, 15) is 8.42 Å². The topological polar surface area (TPSA) is 63.4 Å². The van der Waals surface area contributed by atoms with Crippen LogP contribution in [0.15, 0.2) is 24.3 Å². The van der Waals surface area contributed by atoms with Crippen LogP contribution in [0.5, 0.6) is 0 Å². The van der Waals surface area contributed by atoms with Gasteiger partial charge in [0.1, 0.15) is 0 Å². The van der Waals surface area contributed by atoms with Crippen molar-refractivity contribution in [1.82, 2.24) is 4.31 Å². The van der Waals surface area contributed by atoms with E-state index >= 15 is 0 Å². The van der Waals surface area contributed by atoms with Crippen molar-refractivity contribution in [2.24, 2.45) is 0 Å². The van der Waals surface area contributed by atoms with Crippen LogP contribution in [0.25, 0.3) is 0 Å². The number of benzene rings is 1. The van der Waals surface area contributed by atoms with Crippen LogP contribution < -0.4 is 5.73 Å². The quantitative estimate of drug-likeness (QED) is 0.802. The second-order valence-electron chi connectivity index (χ2n) is 4.84. The lowest BCUT2D eigenvalue weighted by molar-refractivity contribution is 0.402. The van der Waals surface area contributed by atoms with Gasteiger partial charge in [0, 0.05) is 18.3 Å². The summed E-state index contributed by atoms with van der Waals surface area (Å²) in [5.74, 6) is 0.0732. The van der Waals surface area contributed by atoms with Gasteiger partial charge < -0.3 is 5.73 Å². The Morgan fingerprint density at radius 2 is 1.89 bits per heavy atom. The van der Waals surface area contributed by atoms with Gasteiger partial charge in [0.05, 0.1) is 5.75 Å². The molecule has 4 nitrogen and oxygen atoms in total. The summed E-state index contributed by atoms with van der Waals surface area (Å²) in [6.07, 6.45) is 2.86. The molecular weight excluding hydrogens is 248 g/mol. The summed E-state index contributed by atoms with van der Waals surface area (Å²) in [4.78, 5) is 0. The largest absolute Gasteiger partial charge is 0.399 e. The van der Waals surface area contributed by atoms with Gasteiger partial charge in [-0.15, -0.1) is 0 Å². The first kappa shape index (κ1) is 13.4. The van der Waals surface area contributed by atoms with E-state index in [0.29, 0.717) is 12.2 Å². The van der Waals surface area contributed by atoms with Gasteiger partial charge in [0.2, 0.25) is 10.0 Å². The highest BCUT2D eigenvalue weighted by Crippen LogP contribution is 2.30. The smallest absolute Gasteiger partial charge is 0.218 e. The Bertz CT molecular complexity index is 492. The molecule has 2 rings (SSSR count). The van der Waals surface area contributed by atoms with Crippen LogP contribution in [-0.2, 0) is 15.8 Å². The number of hydrogen-bond donors (Lipinski definition) is 1. The zero-order valence-corrected chi connectivity index (χ0v) is 11.5. The molecule has 0 aromatic heterocycles. The van der Waals surface area contributed by atoms with E-state index < -0.39 is 10.0 Å². The molecule has 100 valence electrons. The van der Waals surface area contributed by atoms with Gasteiger partial charge in [0.15, 0.2) is 0 Å². The third-order valence-corrected chi connectivity index (χ3v) is 4.98. The number of sulfonamides is 1. The van der Waals surface area contributed by atoms with Crippen molar-refractivity contribution in [1.29, 1.82) is 0 Å². The summed E-state index contributed by atoms with van der Waals surface area (Å²) in [5.41, 5.74) is 7.05. The Balaban J connectivity index is 2.12. The standard InChI is InChI=1S/C13H20N2O2S/c1-2-9-15(13-7-8-13)18(16,17)10-11-3-5-12(14)6-4-11/h3-6,13H,2,7-10,14H2,1H3. The molecule has 1 aliphatic rings. The van der Waals surface area contributed by atoms with Gasteiger partial charge in [-0.3, -0.25) is 0 Å². The SMILES string of the molecule is CCCN(C1CC1)S(=O)(=O)Cc1ccc(N)cc1. The molecule has 5 heteroatoms. The summed E-state index contributed by atoms with van der Waals surface area (Å²) in [6, 6.07) is 7.29. The van der Waals surface area contributed by atoms with Crippen molar-refractivity contribution in [3.05, 3.63) is 29.8 Å². The molecule has 0 saturated heterocycles. The minimum absolute atomic E-state index is 0.0732. The Morgan fingerprint density at radius 3 is 2.39 bits per heavy atom. The molecular formula is C13H20N2O2S. The summed E-state index contributed by atoms with van der Waals surface area (Å²) >= 11 is 0. The number of anilines is 1. The van der Waals surface area contributed by atoms with Gasteiger partial charge in [-0.2, -0.15) is 4.31 Å². The predicted octanol–water partition coefficient (Wildman–Crippen LogP) is 1.97. The molecule has 1 aromatic rings. The van der Waals surface area contributed by atoms with Crippen LogP contribution in [0.3, 0.4) is 0 Å². The van der Waals surface area contributed by atoms with Crippen LogP contribution in [-0.4, -0.2) is 25.3 Å². The molecule has 1 fully saturated rings. The first-order chi connectivity index (χ1) is 8.53. The van der Waals surface area contributed by atoms with E-state index in [1.54, 1.807) is 28.6 Å². The fourth-order valence-electron chi connectivity index (χ4n) is 2.04. The van der Waals surface area contributed by atoms with E-state index in [4.69, 9.17) is 5.73 Å². The highest BCUT2D eigenvalue weighted by molar-refractivity contribution is 7.88. The van der Waals surface area contributed by atoms with E-state index in [2.05, 4.69) is 0 Å². The molecule has 0 heterocycles. The molecule has 0 atom stereocenters. The fraction of sp³-hybridized carbons (Fsp3) is 0.538. The molecule has 1 aromatic carbocycles. The van der Waals surface area contributed by atoms with E-state index in [0.717, 1.165) is 24.8 Å². The maximum Gasteiger partial charge on any atom is 0.218 e. The predicted molar refractivity (Wildman–Crippen MR) is 73.5 cm³/mol. The molecule has 1 saturated carbocycles. The van der Waals surface area contributed by atoms with Gasteiger partial charge in [-0.25, -0.2) is 8.42 Å². The second-order valence-corrected chi connectivity index (χ2v) is 6.76. The molecule has 2 N–H and O–H groups in total. The molecule has 0 radical (unpaired) electrons. The number of nitrogen functional groups attached to an aromatic ring is 1. The lowest BCUT2D eigenvalue weighted by Crippen LogP contribution is -2.34. The Kier molecular flexibility index (Phi) is 3.92. The molecule has 0 spiro atoms. The average molecular weight is 268 g/mol. The van der Waals surface area contributed by atoms with Crippen LogP contribution in [0, 0.1) is 0 Å². The minimum atomic E-state index is -3.19. The van der Waals surface area contributed by atoms with Crippen molar-refractivity contribution in [2.75, 3.05) is 12.3 Å².